The lowest BCUT2D eigenvalue weighted by Gasteiger charge is -2.30. The maximum atomic E-state index is 12.6. The van der Waals surface area contributed by atoms with E-state index >= 15 is 0 Å². The number of carbonyl (C=O) groups is 1. The molecule has 20 heavy (non-hydrogen) atoms. The predicted octanol–water partition coefficient (Wildman–Crippen LogP) is 1.19. The van der Waals surface area contributed by atoms with E-state index in [1.807, 2.05) is 13.8 Å². The van der Waals surface area contributed by atoms with Gasteiger partial charge in [-0.05, 0) is 49.9 Å². The Morgan fingerprint density at radius 1 is 1.30 bits per heavy atom. The van der Waals surface area contributed by atoms with Crippen LogP contribution < -0.4 is 5.73 Å². The first-order valence-corrected chi connectivity index (χ1v) is 8.13. The Balaban J connectivity index is 2.29. The predicted molar refractivity (Wildman–Crippen MR) is 76.6 cm³/mol. The van der Waals surface area contributed by atoms with Gasteiger partial charge in [0.25, 0.3) is 0 Å². The molecule has 1 aliphatic heterocycles. The van der Waals surface area contributed by atoms with Crippen LogP contribution in [0.15, 0.2) is 23.1 Å². The van der Waals surface area contributed by atoms with Crippen LogP contribution in [-0.2, 0) is 14.8 Å². The Labute approximate surface area is 119 Å². The molecule has 1 amide bonds. The second-order valence-corrected chi connectivity index (χ2v) is 7.29. The van der Waals surface area contributed by atoms with E-state index < -0.39 is 15.9 Å². The molecule has 2 N–H and O–H groups in total. The average Bonchev–Trinajstić information content (AvgIpc) is 2.42. The number of rotatable bonds is 3. The zero-order chi connectivity index (χ0) is 14.9. The molecule has 1 fully saturated rings. The standard InChI is InChI=1S/C14H20N2O3S/c1-10-5-6-13(8-11(10)2)20(18,19)16-7-3-4-12(9-16)14(15)17/h5-6,8,12H,3-4,7,9H2,1-2H3,(H2,15,17)/t12-/m1/s1. The minimum absolute atomic E-state index is 0.185. The van der Waals surface area contributed by atoms with Gasteiger partial charge >= 0.3 is 0 Å². The molecule has 0 unspecified atom stereocenters. The lowest BCUT2D eigenvalue weighted by molar-refractivity contribution is -0.122. The van der Waals surface area contributed by atoms with Crippen molar-refractivity contribution in [1.29, 1.82) is 0 Å². The maximum Gasteiger partial charge on any atom is 0.243 e. The van der Waals surface area contributed by atoms with Gasteiger partial charge in [0.2, 0.25) is 15.9 Å². The number of hydrogen-bond donors (Lipinski definition) is 1. The number of aryl methyl sites for hydroxylation is 2. The fourth-order valence-corrected chi connectivity index (χ4v) is 4.03. The van der Waals surface area contributed by atoms with Gasteiger partial charge in [-0.25, -0.2) is 8.42 Å². The number of sulfonamides is 1. The van der Waals surface area contributed by atoms with Crippen LogP contribution in [0.3, 0.4) is 0 Å². The van der Waals surface area contributed by atoms with Gasteiger partial charge in [-0.3, -0.25) is 4.79 Å². The van der Waals surface area contributed by atoms with Crippen LogP contribution in [0, 0.1) is 19.8 Å². The molecular weight excluding hydrogens is 276 g/mol. The summed E-state index contributed by atoms with van der Waals surface area (Å²) in [6, 6.07) is 5.10. The lowest BCUT2D eigenvalue weighted by Crippen LogP contribution is -2.44. The van der Waals surface area contributed by atoms with Gasteiger partial charge in [0.1, 0.15) is 0 Å². The Morgan fingerprint density at radius 2 is 2.00 bits per heavy atom. The molecule has 1 aromatic rings. The van der Waals surface area contributed by atoms with Crippen LogP contribution in [0.5, 0.6) is 0 Å². The molecule has 0 spiro atoms. The molecule has 6 heteroatoms. The summed E-state index contributed by atoms with van der Waals surface area (Å²) >= 11 is 0. The third kappa shape index (κ3) is 2.86. The highest BCUT2D eigenvalue weighted by atomic mass is 32.2. The molecule has 0 bridgehead atoms. The van der Waals surface area contributed by atoms with Gasteiger partial charge in [0.15, 0.2) is 0 Å². The molecule has 0 saturated carbocycles. The lowest BCUT2D eigenvalue weighted by atomic mass is 9.99. The largest absolute Gasteiger partial charge is 0.369 e. The summed E-state index contributed by atoms with van der Waals surface area (Å²) in [7, 11) is -3.54. The molecular formula is C14H20N2O3S. The number of piperidine rings is 1. The maximum absolute atomic E-state index is 12.6. The first-order chi connectivity index (χ1) is 9.32. The number of nitrogens with two attached hydrogens (primary N) is 1. The van der Waals surface area contributed by atoms with Gasteiger partial charge in [-0.15, -0.1) is 0 Å². The third-order valence-electron chi connectivity index (χ3n) is 3.90. The summed E-state index contributed by atoms with van der Waals surface area (Å²) in [6.07, 6.45) is 1.33. The molecule has 1 atom stereocenters. The summed E-state index contributed by atoms with van der Waals surface area (Å²) in [6.45, 7) is 4.45. The highest BCUT2D eigenvalue weighted by Gasteiger charge is 2.32. The summed E-state index contributed by atoms with van der Waals surface area (Å²) in [5, 5.41) is 0. The Bertz CT molecular complexity index is 625. The van der Waals surface area contributed by atoms with E-state index in [-0.39, 0.29) is 17.4 Å². The molecule has 0 radical (unpaired) electrons. The monoisotopic (exact) mass is 296 g/mol. The van der Waals surface area contributed by atoms with Crippen LogP contribution >= 0.6 is 0 Å². The van der Waals surface area contributed by atoms with Crippen LogP contribution in [0.2, 0.25) is 0 Å². The van der Waals surface area contributed by atoms with E-state index in [1.165, 1.54) is 4.31 Å². The van der Waals surface area contributed by atoms with Crippen molar-refractivity contribution >= 4 is 15.9 Å². The van der Waals surface area contributed by atoms with Crippen molar-refractivity contribution < 1.29 is 13.2 Å². The van der Waals surface area contributed by atoms with Crippen LogP contribution in [0.1, 0.15) is 24.0 Å². The normalized spacial score (nSPS) is 20.8. The number of benzene rings is 1. The molecule has 1 heterocycles. The topological polar surface area (TPSA) is 80.5 Å². The van der Waals surface area contributed by atoms with Crippen LogP contribution in [0.4, 0.5) is 0 Å². The van der Waals surface area contributed by atoms with Crippen LogP contribution in [-0.4, -0.2) is 31.7 Å². The molecule has 2 rings (SSSR count). The van der Waals surface area contributed by atoms with Crippen molar-refractivity contribution in [2.45, 2.75) is 31.6 Å². The van der Waals surface area contributed by atoms with Gasteiger partial charge in [-0.1, -0.05) is 6.07 Å². The Hall–Kier alpha value is -1.40. The fourth-order valence-electron chi connectivity index (χ4n) is 2.42. The van der Waals surface area contributed by atoms with E-state index in [4.69, 9.17) is 5.73 Å². The molecule has 5 nitrogen and oxygen atoms in total. The minimum Gasteiger partial charge on any atom is -0.369 e. The van der Waals surface area contributed by atoms with Crippen LogP contribution in [0.25, 0.3) is 0 Å². The van der Waals surface area contributed by atoms with Crippen molar-refractivity contribution in [2.75, 3.05) is 13.1 Å². The summed E-state index contributed by atoms with van der Waals surface area (Å²) < 4.78 is 26.6. The van der Waals surface area contributed by atoms with E-state index in [1.54, 1.807) is 18.2 Å². The first-order valence-electron chi connectivity index (χ1n) is 6.69. The average molecular weight is 296 g/mol. The van der Waals surface area contributed by atoms with Gasteiger partial charge in [-0.2, -0.15) is 4.31 Å². The second kappa shape index (κ2) is 5.54. The zero-order valence-electron chi connectivity index (χ0n) is 11.8. The molecule has 1 saturated heterocycles. The quantitative estimate of drug-likeness (QED) is 0.909. The van der Waals surface area contributed by atoms with Gasteiger partial charge in [0.05, 0.1) is 10.8 Å². The number of hydrogen-bond acceptors (Lipinski definition) is 3. The van der Waals surface area contributed by atoms with Gasteiger partial charge in [0, 0.05) is 13.1 Å². The smallest absolute Gasteiger partial charge is 0.243 e. The number of amides is 1. The molecule has 0 aromatic heterocycles. The van der Waals surface area contributed by atoms with Crippen molar-refractivity contribution in [2.24, 2.45) is 11.7 Å². The first kappa shape index (κ1) is 15.0. The number of carbonyl (C=O) groups excluding carboxylic acids is 1. The zero-order valence-corrected chi connectivity index (χ0v) is 12.6. The Morgan fingerprint density at radius 3 is 2.60 bits per heavy atom. The van der Waals surface area contributed by atoms with Crippen molar-refractivity contribution in [3.05, 3.63) is 29.3 Å². The SMILES string of the molecule is Cc1ccc(S(=O)(=O)N2CCC[C@@H](C(N)=O)C2)cc1C. The van der Waals surface area contributed by atoms with Gasteiger partial charge < -0.3 is 5.73 Å². The van der Waals surface area contributed by atoms with Crippen molar-refractivity contribution in [1.82, 2.24) is 4.31 Å². The van der Waals surface area contributed by atoms with E-state index in [2.05, 4.69) is 0 Å². The summed E-state index contributed by atoms with van der Waals surface area (Å²) in [5.74, 6) is -0.810. The number of primary amides is 1. The minimum atomic E-state index is -3.54. The molecule has 1 aliphatic rings. The molecule has 1 aromatic carbocycles. The fraction of sp³-hybridized carbons (Fsp3) is 0.500. The van der Waals surface area contributed by atoms with E-state index in [9.17, 15) is 13.2 Å². The molecule has 0 aliphatic carbocycles. The van der Waals surface area contributed by atoms with Crippen molar-refractivity contribution in [3.8, 4) is 0 Å². The second-order valence-electron chi connectivity index (χ2n) is 5.35. The Kier molecular flexibility index (Phi) is 4.15. The van der Waals surface area contributed by atoms with E-state index in [0.717, 1.165) is 11.1 Å². The third-order valence-corrected chi connectivity index (χ3v) is 5.76. The summed E-state index contributed by atoms with van der Waals surface area (Å²) in [5.41, 5.74) is 7.29. The number of nitrogens with zero attached hydrogens (tertiary/aromatic N) is 1. The van der Waals surface area contributed by atoms with Crippen molar-refractivity contribution in [3.63, 3.8) is 0 Å². The highest BCUT2D eigenvalue weighted by molar-refractivity contribution is 7.89. The highest BCUT2D eigenvalue weighted by Crippen LogP contribution is 2.24. The summed E-state index contributed by atoms with van der Waals surface area (Å²) in [4.78, 5) is 11.5. The molecule has 110 valence electrons. The van der Waals surface area contributed by atoms with E-state index in [0.29, 0.717) is 19.4 Å².